The average Bonchev–Trinajstić information content (AvgIpc) is 2.58. The lowest BCUT2D eigenvalue weighted by atomic mass is 9.89. The van der Waals surface area contributed by atoms with E-state index in [1.54, 1.807) is 6.92 Å². The number of benzene rings is 3. The normalized spacial score (nSPS) is 10.7. The van der Waals surface area contributed by atoms with E-state index in [1.807, 2.05) is 61.5 Å². The van der Waals surface area contributed by atoms with E-state index in [9.17, 15) is 4.79 Å². The molecule has 3 nitrogen and oxygen atoms in total. The molecule has 23 heavy (non-hydrogen) atoms. The predicted octanol–water partition coefficient (Wildman–Crippen LogP) is 4.57. The quantitative estimate of drug-likeness (QED) is 0.569. The number of nitrogens with two attached hydrogens (primary N) is 1. The highest BCUT2D eigenvalue weighted by Crippen LogP contribution is 2.38. The smallest absolute Gasteiger partial charge is 0.340 e. The van der Waals surface area contributed by atoms with Gasteiger partial charge in [0.15, 0.2) is 0 Å². The van der Waals surface area contributed by atoms with E-state index in [2.05, 4.69) is 0 Å². The van der Waals surface area contributed by atoms with Crippen LogP contribution >= 0.6 is 0 Å². The number of nitrogen functional groups attached to an aromatic ring is 1. The van der Waals surface area contributed by atoms with Gasteiger partial charge in [0.2, 0.25) is 0 Å². The number of hydrogen-bond donors (Lipinski definition) is 1. The fourth-order valence-electron chi connectivity index (χ4n) is 3.02. The van der Waals surface area contributed by atoms with Gasteiger partial charge in [0.1, 0.15) is 0 Å². The molecule has 0 aliphatic carbocycles. The van der Waals surface area contributed by atoms with Crippen LogP contribution < -0.4 is 5.73 Å². The first kappa shape index (κ1) is 15.1. The summed E-state index contributed by atoms with van der Waals surface area (Å²) in [6.45, 7) is 4.13. The number of carbonyl (C=O) groups is 1. The zero-order valence-corrected chi connectivity index (χ0v) is 13.3. The molecule has 3 aromatic carbocycles. The summed E-state index contributed by atoms with van der Waals surface area (Å²) in [5, 5.41) is 1.93. The molecule has 3 aromatic rings. The average molecular weight is 305 g/mol. The Morgan fingerprint density at radius 2 is 1.61 bits per heavy atom. The zero-order valence-electron chi connectivity index (χ0n) is 13.3. The van der Waals surface area contributed by atoms with Crippen LogP contribution in [-0.2, 0) is 4.74 Å². The van der Waals surface area contributed by atoms with Crippen LogP contribution in [0.2, 0.25) is 0 Å². The van der Waals surface area contributed by atoms with E-state index in [0.29, 0.717) is 17.9 Å². The van der Waals surface area contributed by atoms with Crippen molar-refractivity contribution in [1.29, 1.82) is 0 Å². The first-order valence-corrected chi connectivity index (χ1v) is 7.68. The molecule has 0 aliphatic rings. The Balaban J connectivity index is 2.42. The van der Waals surface area contributed by atoms with Crippen molar-refractivity contribution in [3.8, 4) is 11.1 Å². The highest BCUT2D eigenvalue weighted by Gasteiger charge is 2.22. The Kier molecular flexibility index (Phi) is 4.02. The number of aryl methyl sites for hydroxylation is 1. The molecule has 0 spiro atoms. The summed E-state index contributed by atoms with van der Waals surface area (Å²) >= 11 is 0. The molecule has 2 N–H and O–H groups in total. The number of rotatable bonds is 3. The molecule has 0 radical (unpaired) electrons. The van der Waals surface area contributed by atoms with Crippen molar-refractivity contribution in [3.63, 3.8) is 0 Å². The summed E-state index contributed by atoms with van der Waals surface area (Å²) < 4.78 is 5.26. The summed E-state index contributed by atoms with van der Waals surface area (Å²) in [7, 11) is 0. The lowest BCUT2D eigenvalue weighted by Crippen LogP contribution is -2.11. The van der Waals surface area contributed by atoms with Gasteiger partial charge >= 0.3 is 5.97 Å². The monoisotopic (exact) mass is 305 g/mol. The highest BCUT2D eigenvalue weighted by molar-refractivity contribution is 6.13. The summed E-state index contributed by atoms with van der Waals surface area (Å²) in [5.74, 6) is -0.377. The van der Waals surface area contributed by atoms with Gasteiger partial charge in [0.25, 0.3) is 0 Å². The van der Waals surface area contributed by atoms with Crippen LogP contribution in [0.4, 0.5) is 5.69 Å². The van der Waals surface area contributed by atoms with E-state index in [1.165, 1.54) is 0 Å². The summed E-state index contributed by atoms with van der Waals surface area (Å²) in [5.41, 5.74) is 10.1. The van der Waals surface area contributed by atoms with Gasteiger partial charge in [0.05, 0.1) is 17.9 Å². The minimum atomic E-state index is -0.377. The minimum absolute atomic E-state index is 0.318. The fourth-order valence-corrected chi connectivity index (χ4v) is 3.02. The second-order valence-electron chi connectivity index (χ2n) is 5.42. The van der Waals surface area contributed by atoms with E-state index >= 15 is 0 Å². The molecule has 0 aromatic heterocycles. The Morgan fingerprint density at radius 1 is 1.00 bits per heavy atom. The van der Waals surface area contributed by atoms with Crippen LogP contribution in [0.15, 0.2) is 54.6 Å². The number of hydrogen-bond acceptors (Lipinski definition) is 3. The van der Waals surface area contributed by atoms with Gasteiger partial charge in [-0.05, 0) is 30.4 Å². The number of carbonyl (C=O) groups excluding carboxylic acids is 1. The first-order valence-electron chi connectivity index (χ1n) is 7.68. The van der Waals surface area contributed by atoms with E-state index in [4.69, 9.17) is 10.5 Å². The molecule has 0 heterocycles. The maximum atomic E-state index is 12.6. The fraction of sp³-hybridized carbons (Fsp3) is 0.150. The van der Waals surface area contributed by atoms with Crippen LogP contribution in [0.25, 0.3) is 21.9 Å². The van der Waals surface area contributed by atoms with Gasteiger partial charge in [-0.15, -0.1) is 0 Å². The van der Waals surface area contributed by atoms with Crippen molar-refractivity contribution in [3.05, 3.63) is 65.7 Å². The minimum Gasteiger partial charge on any atom is -0.462 e. The molecule has 0 saturated carbocycles. The third-order valence-corrected chi connectivity index (χ3v) is 4.06. The largest absolute Gasteiger partial charge is 0.462 e. The summed E-state index contributed by atoms with van der Waals surface area (Å²) in [6, 6.07) is 17.7. The molecule has 0 fully saturated rings. The van der Waals surface area contributed by atoms with Crippen LogP contribution in [0.3, 0.4) is 0 Å². The van der Waals surface area contributed by atoms with Crippen molar-refractivity contribution in [2.24, 2.45) is 0 Å². The highest BCUT2D eigenvalue weighted by atomic mass is 16.5. The molecule has 0 bridgehead atoms. The van der Waals surface area contributed by atoms with Crippen LogP contribution in [0.1, 0.15) is 22.8 Å². The van der Waals surface area contributed by atoms with E-state index in [0.717, 1.165) is 27.5 Å². The second kappa shape index (κ2) is 6.13. The summed E-state index contributed by atoms with van der Waals surface area (Å²) in [6.07, 6.45) is 0. The SMILES string of the molecule is CCOC(=O)c1c(-c2ccccc2)c(C)c2ccccc2c1N. The molecule has 0 amide bonds. The number of esters is 1. The van der Waals surface area contributed by atoms with Crippen LogP contribution in [0, 0.1) is 6.92 Å². The van der Waals surface area contributed by atoms with Crippen LogP contribution in [-0.4, -0.2) is 12.6 Å². The van der Waals surface area contributed by atoms with E-state index < -0.39 is 0 Å². The first-order chi connectivity index (χ1) is 11.1. The Labute approximate surface area is 135 Å². The number of fused-ring (bicyclic) bond motifs is 1. The molecule has 3 heteroatoms. The second-order valence-corrected chi connectivity index (χ2v) is 5.42. The van der Waals surface area contributed by atoms with Crippen LogP contribution in [0.5, 0.6) is 0 Å². The molecule has 116 valence electrons. The summed E-state index contributed by atoms with van der Waals surface area (Å²) in [4.78, 5) is 12.6. The molecule has 0 unspecified atom stereocenters. The number of anilines is 1. The van der Waals surface area contributed by atoms with Gasteiger partial charge in [-0.25, -0.2) is 4.79 Å². The standard InChI is InChI=1S/C20H19NO2/c1-3-23-20(22)18-17(14-9-5-4-6-10-14)13(2)15-11-7-8-12-16(15)19(18)21/h4-12H,3,21H2,1-2H3. The third kappa shape index (κ3) is 2.55. The maximum absolute atomic E-state index is 12.6. The molecule has 0 atom stereocenters. The van der Waals surface area contributed by atoms with Crippen molar-refractivity contribution in [1.82, 2.24) is 0 Å². The third-order valence-electron chi connectivity index (χ3n) is 4.06. The topological polar surface area (TPSA) is 52.3 Å². The Hall–Kier alpha value is -2.81. The molecular formula is C20H19NO2. The van der Waals surface area contributed by atoms with E-state index in [-0.39, 0.29) is 5.97 Å². The zero-order chi connectivity index (χ0) is 16.4. The molecule has 0 aliphatic heterocycles. The lowest BCUT2D eigenvalue weighted by molar-refractivity contribution is 0.0528. The van der Waals surface area contributed by atoms with Gasteiger partial charge in [0, 0.05) is 10.9 Å². The maximum Gasteiger partial charge on any atom is 0.340 e. The molecule has 0 saturated heterocycles. The van der Waals surface area contributed by atoms with Gasteiger partial charge in [-0.1, -0.05) is 54.6 Å². The lowest BCUT2D eigenvalue weighted by Gasteiger charge is -2.18. The van der Waals surface area contributed by atoms with Gasteiger partial charge in [-0.3, -0.25) is 0 Å². The molecule has 3 rings (SSSR count). The Morgan fingerprint density at radius 3 is 2.26 bits per heavy atom. The number of ether oxygens (including phenoxy) is 1. The Bertz CT molecular complexity index is 870. The predicted molar refractivity (Wildman–Crippen MR) is 94.5 cm³/mol. The van der Waals surface area contributed by atoms with Crippen molar-refractivity contribution in [2.45, 2.75) is 13.8 Å². The van der Waals surface area contributed by atoms with Gasteiger partial charge in [-0.2, -0.15) is 0 Å². The van der Waals surface area contributed by atoms with Crippen molar-refractivity contribution < 1.29 is 9.53 Å². The molecular weight excluding hydrogens is 286 g/mol. The van der Waals surface area contributed by atoms with Gasteiger partial charge < -0.3 is 10.5 Å². The van der Waals surface area contributed by atoms with Crippen molar-refractivity contribution in [2.75, 3.05) is 12.3 Å². The van der Waals surface area contributed by atoms with Crippen molar-refractivity contribution >= 4 is 22.4 Å².